The smallest absolute Gasteiger partial charge is 0.241 e. The van der Waals surface area contributed by atoms with Gasteiger partial charge in [-0.3, -0.25) is 9.69 Å². The summed E-state index contributed by atoms with van der Waals surface area (Å²) in [5, 5.41) is 3.75. The van der Waals surface area contributed by atoms with E-state index in [1.807, 2.05) is 49.9 Å². The first-order valence-electron chi connectivity index (χ1n) is 8.34. The number of aryl methyl sites for hydroxylation is 1. The summed E-state index contributed by atoms with van der Waals surface area (Å²) in [5.74, 6) is 1.26. The third-order valence-corrected chi connectivity index (χ3v) is 5.58. The molecule has 1 aliphatic heterocycles. The number of hydrogen-bond acceptors (Lipinski definition) is 3. The maximum Gasteiger partial charge on any atom is 0.241 e. The molecule has 1 N–H and O–H groups in total. The second-order valence-electron chi connectivity index (χ2n) is 6.05. The van der Waals surface area contributed by atoms with Crippen molar-refractivity contribution in [3.63, 3.8) is 0 Å². The van der Waals surface area contributed by atoms with Crippen LogP contribution in [-0.4, -0.2) is 40.9 Å². The highest BCUT2D eigenvalue weighted by atomic mass is 32.2. The van der Waals surface area contributed by atoms with Gasteiger partial charge in [-0.15, -0.1) is 0 Å². The third-order valence-electron chi connectivity index (χ3n) is 4.39. The fourth-order valence-corrected chi connectivity index (χ4v) is 4.07. The Balaban J connectivity index is 1.98. The number of nitrogens with one attached hydrogen (secondary N) is 1. The van der Waals surface area contributed by atoms with Crippen molar-refractivity contribution in [3.8, 4) is 0 Å². The number of carbonyl (C=O) groups is 1. The lowest BCUT2D eigenvalue weighted by Crippen LogP contribution is -2.44. The maximum absolute atomic E-state index is 12.6. The van der Waals surface area contributed by atoms with Crippen LogP contribution in [0.2, 0.25) is 0 Å². The van der Waals surface area contributed by atoms with Gasteiger partial charge in [0.2, 0.25) is 5.91 Å². The molecule has 1 heterocycles. The van der Waals surface area contributed by atoms with Gasteiger partial charge >= 0.3 is 0 Å². The normalized spacial score (nSPS) is 21.1. The molecule has 2 unspecified atom stereocenters. The Morgan fingerprint density at radius 1 is 1.41 bits per heavy atom. The number of amides is 1. The second-order valence-corrected chi connectivity index (χ2v) is 7.63. The van der Waals surface area contributed by atoms with E-state index in [9.17, 15) is 4.79 Å². The van der Waals surface area contributed by atoms with E-state index in [1.54, 1.807) is 0 Å². The summed E-state index contributed by atoms with van der Waals surface area (Å²) in [6, 6.07) is 7.89. The Morgan fingerprint density at radius 2 is 2.18 bits per heavy atom. The average molecular weight is 321 g/mol. The zero-order chi connectivity index (χ0) is 15.9. The summed E-state index contributed by atoms with van der Waals surface area (Å²) in [6.45, 7) is 8.34. The van der Waals surface area contributed by atoms with Gasteiger partial charge in [0, 0.05) is 17.5 Å². The van der Waals surface area contributed by atoms with Crippen LogP contribution in [-0.2, 0) is 4.79 Å². The van der Waals surface area contributed by atoms with Crippen molar-refractivity contribution in [2.75, 3.05) is 24.2 Å². The molecule has 0 bridgehead atoms. The van der Waals surface area contributed by atoms with Gasteiger partial charge in [0.25, 0.3) is 0 Å². The lowest BCUT2D eigenvalue weighted by molar-refractivity contribution is -0.120. The number of nitrogens with zero attached hydrogens (tertiary/aromatic N) is 1. The molecule has 1 fully saturated rings. The van der Waals surface area contributed by atoms with Crippen LogP contribution in [0.3, 0.4) is 0 Å². The topological polar surface area (TPSA) is 32.3 Å². The first kappa shape index (κ1) is 17.4. The molecule has 4 heteroatoms. The zero-order valence-corrected chi connectivity index (χ0v) is 14.8. The van der Waals surface area contributed by atoms with Gasteiger partial charge in [0.1, 0.15) is 0 Å². The molecule has 3 nitrogen and oxygen atoms in total. The van der Waals surface area contributed by atoms with Crippen LogP contribution < -0.4 is 5.32 Å². The van der Waals surface area contributed by atoms with Crippen molar-refractivity contribution >= 4 is 23.4 Å². The number of hydrogen-bond donors (Lipinski definition) is 1. The highest BCUT2D eigenvalue weighted by molar-refractivity contribution is 7.99. The van der Waals surface area contributed by atoms with Crippen molar-refractivity contribution in [2.45, 2.75) is 51.3 Å². The summed E-state index contributed by atoms with van der Waals surface area (Å²) < 4.78 is 0. The van der Waals surface area contributed by atoms with E-state index in [0.29, 0.717) is 5.25 Å². The SMILES string of the molecule is CCSC1CCCCN(C(C)C(=O)Nc2ccccc2C)C1. The van der Waals surface area contributed by atoms with Crippen LogP contribution in [0.5, 0.6) is 0 Å². The van der Waals surface area contributed by atoms with Crippen molar-refractivity contribution in [1.29, 1.82) is 0 Å². The molecule has 1 saturated heterocycles. The van der Waals surface area contributed by atoms with Gasteiger partial charge in [-0.05, 0) is 50.6 Å². The number of benzene rings is 1. The van der Waals surface area contributed by atoms with E-state index in [4.69, 9.17) is 0 Å². The largest absolute Gasteiger partial charge is 0.324 e. The summed E-state index contributed by atoms with van der Waals surface area (Å²) in [6.07, 6.45) is 3.75. The first-order chi connectivity index (χ1) is 10.6. The average Bonchev–Trinajstić information content (AvgIpc) is 2.75. The van der Waals surface area contributed by atoms with Crippen molar-refractivity contribution in [3.05, 3.63) is 29.8 Å². The molecule has 0 aromatic heterocycles. The van der Waals surface area contributed by atoms with E-state index < -0.39 is 0 Å². The predicted octanol–water partition coefficient (Wildman–Crippen LogP) is 3.93. The number of carbonyl (C=O) groups excluding carboxylic acids is 1. The summed E-state index contributed by atoms with van der Waals surface area (Å²) in [4.78, 5) is 14.9. The molecule has 0 saturated carbocycles. The Bertz CT molecular complexity index is 492. The van der Waals surface area contributed by atoms with Crippen LogP contribution in [0.4, 0.5) is 5.69 Å². The van der Waals surface area contributed by atoms with Crippen LogP contribution in [0.15, 0.2) is 24.3 Å². The summed E-state index contributed by atoms with van der Waals surface area (Å²) in [5.41, 5.74) is 2.03. The molecular formula is C18H28N2OS. The molecule has 2 atom stereocenters. The van der Waals surface area contributed by atoms with Gasteiger partial charge in [-0.25, -0.2) is 0 Å². The molecule has 1 aliphatic rings. The van der Waals surface area contributed by atoms with Crippen molar-refractivity contribution in [1.82, 2.24) is 4.90 Å². The van der Waals surface area contributed by atoms with Gasteiger partial charge in [0.05, 0.1) is 6.04 Å². The summed E-state index contributed by atoms with van der Waals surface area (Å²) >= 11 is 2.03. The van der Waals surface area contributed by atoms with Crippen LogP contribution >= 0.6 is 11.8 Å². The van der Waals surface area contributed by atoms with Gasteiger partial charge < -0.3 is 5.32 Å². The molecular weight excluding hydrogens is 292 g/mol. The minimum absolute atomic E-state index is 0.0716. The number of anilines is 1. The number of likely N-dealkylation sites (tertiary alicyclic amines) is 1. The van der Waals surface area contributed by atoms with E-state index in [2.05, 4.69) is 17.1 Å². The van der Waals surface area contributed by atoms with E-state index >= 15 is 0 Å². The number of para-hydroxylation sites is 1. The molecule has 22 heavy (non-hydrogen) atoms. The Hall–Kier alpha value is -1.00. The zero-order valence-electron chi connectivity index (χ0n) is 14.0. The van der Waals surface area contributed by atoms with Gasteiger partial charge in [-0.1, -0.05) is 31.5 Å². The predicted molar refractivity (Wildman–Crippen MR) is 96.6 cm³/mol. The van der Waals surface area contributed by atoms with Gasteiger partial charge in [-0.2, -0.15) is 11.8 Å². The standard InChI is InChI=1S/C18H28N2OS/c1-4-22-16-10-7-8-12-20(13-16)15(3)18(21)19-17-11-6-5-9-14(17)2/h5-6,9,11,15-16H,4,7-8,10,12-13H2,1-3H3,(H,19,21). The maximum atomic E-state index is 12.6. The molecule has 1 aromatic rings. The Morgan fingerprint density at radius 3 is 2.91 bits per heavy atom. The molecule has 0 aliphatic carbocycles. The van der Waals surface area contributed by atoms with E-state index in [-0.39, 0.29) is 11.9 Å². The summed E-state index contributed by atoms with van der Waals surface area (Å²) in [7, 11) is 0. The fourth-order valence-electron chi connectivity index (χ4n) is 2.97. The van der Waals surface area contributed by atoms with Crippen LogP contribution in [0.1, 0.15) is 38.7 Å². The monoisotopic (exact) mass is 320 g/mol. The quantitative estimate of drug-likeness (QED) is 0.892. The lowest BCUT2D eigenvalue weighted by Gasteiger charge is -2.29. The first-order valence-corrected chi connectivity index (χ1v) is 9.38. The highest BCUT2D eigenvalue weighted by Crippen LogP contribution is 2.23. The molecule has 2 rings (SSSR count). The van der Waals surface area contributed by atoms with Crippen LogP contribution in [0.25, 0.3) is 0 Å². The molecule has 122 valence electrons. The number of rotatable bonds is 5. The highest BCUT2D eigenvalue weighted by Gasteiger charge is 2.26. The van der Waals surface area contributed by atoms with E-state index in [0.717, 1.165) is 30.1 Å². The third kappa shape index (κ3) is 4.75. The van der Waals surface area contributed by atoms with Crippen LogP contribution in [0, 0.1) is 6.92 Å². The molecule has 1 aromatic carbocycles. The molecule has 1 amide bonds. The minimum atomic E-state index is -0.0716. The molecule has 0 spiro atoms. The second kappa shape index (κ2) is 8.59. The lowest BCUT2D eigenvalue weighted by atomic mass is 10.2. The van der Waals surface area contributed by atoms with E-state index in [1.165, 1.54) is 19.3 Å². The Labute approximate surface area is 138 Å². The van der Waals surface area contributed by atoms with Crippen molar-refractivity contribution < 1.29 is 4.79 Å². The van der Waals surface area contributed by atoms with Gasteiger partial charge in [0.15, 0.2) is 0 Å². The fraction of sp³-hybridized carbons (Fsp3) is 0.611. The molecule has 0 radical (unpaired) electrons. The Kier molecular flexibility index (Phi) is 6.77. The van der Waals surface area contributed by atoms with Crippen molar-refractivity contribution in [2.24, 2.45) is 0 Å². The number of thioether (sulfide) groups is 1. The minimum Gasteiger partial charge on any atom is -0.324 e.